The third kappa shape index (κ3) is 7.45. The lowest BCUT2D eigenvalue weighted by Gasteiger charge is -2.30. The highest BCUT2D eigenvalue weighted by atomic mass is 16.5. The molecule has 7 nitrogen and oxygen atoms in total. The number of nitrogens with zero attached hydrogens (tertiary/aromatic N) is 1. The molecule has 1 rings (SSSR count). The van der Waals surface area contributed by atoms with Crippen LogP contribution in [0.25, 0.3) is 0 Å². The summed E-state index contributed by atoms with van der Waals surface area (Å²) in [6.07, 6.45) is 5.91. The van der Waals surface area contributed by atoms with Crippen LogP contribution in [0.15, 0.2) is 16.6 Å². The summed E-state index contributed by atoms with van der Waals surface area (Å²) in [5.41, 5.74) is 6.46. The monoisotopic (exact) mass is 367 g/mol. The van der Waals surface area contributed by atoms with E-state index in [0.717, 1.165) is 25.7 Å². The third-order valence-electron chi connectivity index (χ3n) is 4.63. The van der Waals surface area contributed by atoms with Crippen LogP contribution in [0.4, 0.5) is 4.79 Å². The molecule has 1 aliphatic rings. The van der Waals surface area contributed by atoms with E-state index in [-0.39, 0.29) is 29.8 Å². The Morgan fingerprint density at radius 2 is 1.96 bits per heavy atom. The average Bonchev–Trinajstić information content (AvgIpc) is 2.58. The van der Waals surface area contributed by atoms with Crippen molar-refractivity contribution in [3.05, 3.63) is 11.6 Å². The van der Waals surface area contributed by atoms with Gasteiger partial charge in [-0.15, -0.1) is 0 Å². The molecule has 0 bridgehead atoms. The van der Waals surface area contributed by atoms with Crippen molar-refractivity contribution in [2.75, 3.05) is 13.2 Å². The van der Waals surface area contributed by atoms with Gasteiger partial charge in [0, 0.05) is 12.0 Å². The van der Waals surface area contributed by atoms with E-state index in [4.69, 9.17) is 15.2 Å². The van der Waals surface area contributed by atoms with Crippen molar-refractivity contribution < 1.29 is 19.1 Å². The number of aliphatic imine (C=N–C) groups is 1. The Bertz CT molecular complexity index is 531. The number of hydrogen-bond donors (Lipinski definition) is 2. The molecule has 3 atom stereocenters. The molecule has 0 heterocycles. The summed E-state index contributed by atoms with van der Waals surface area (Å²) in [4.78, 5) is 28.1. The highest BCUT2D eigenvalue weighted by molar-refractivity contribution is 5.93. The van der Waals surface area contributed by atoms with Crippen molar-refractivity contribution in [1.29, 1.82) is 0 Å². The molecule has 0 aromatic rings. The Kier molecular flexibility index (Phi) is 9.76. The molecule has 7 heteroatoms. The van der Waals surface area contributed by atoms with Gasteiger partial charge in [-0.05, 0) is 25.2 Å². The van der Waals surface area contributed by atoms with E-state index in [9.17, 15) is 9.59 Å². The van der Waals surface area contributed by atoms with Crippen molar-refractivity contribution in [3.8, 4) is 0 Å². The van der Waals surface area contributed by atoms with Gasteiger partial charge in [-0.3, -0.25) is 5.32 Å². The maximum Gasteiger partial charge on any atom is 0.413 e. The number of nitrogens with one attached hydrogen (secondary N) is 1. The fourth-order valence-corrected chi connectivity index (χ4v) is 2.88. The first-order valence-corrected chi connectivity index (χ1v) is 9.53. The molecule has 1 amide bonds. The van der Waals surface area contributed by atoms with Gasteiger partial charge in [-0.25, -0.2) is 14.6 Å². The number of unbranched alkanes of at least 4 members (excludes halogenated alkanes) is 3. The largest absolute Gasteiger partial charge is 0.463 e. The van der Waals surface area contributed by atoms with E-state index in [1.54, 1.807) is 6.92 Å². The first-order chi connectivity index (χ1) is 12.4. The van der Waals surface area contributed by atoms with Gasteiger partial charge in [0.2, 0.25) is 0 Å². The summed E-state index contributed by atoms with van der Waals surface area (Å²) in [6, 6.07) is -0.195. The molecule has 0 aliphatic heterocycles. The second kappa shape index (κ2) is 11.5. The summed E-state index contributed by atoms with van der Waals surface area (Å²) in [5.74, 6) is 0.0519. The zero-order valence-corrected chi connectivity index (χ0v) is 16.4. The molecule has 1 aliphatic carbocycles. The lowest BCUT2D eigenvalue weighted by molar-refractivity contribution is -0.138. The Hall–Kier alpha value is -2.05. The van der Waals surface area contributed by atoms with Crippen LogP contribution >= 0.6 is 0 Å². The van der Waals surface area contributed by atoms with Gasteiger partial charge in [0.1, 0.15) is 0 Å². The zero-order valence-electron chi connectivity index (χ0n) is 16.4. The number of allylic oxidation sites excluding steroid dienone is 1. The minimum Gasteiger partial charge on any atom is -0.463 e. The molecule has 26 heavy (non-hydrogen) atoms. The molecule has 0 spiro atoms. The minimum atomic E-state index is -0.597. The Morgan fingerprint density at radius 3 is 2.62 bits per heavy atom. The van der Waals surface area contributed by atoms with Crippen LogP contribution in [0.2, 0.25) is 0 Å². The minimum absolute atomic E-state index is 0.0118. The van der Waals surface area contributed by atoms with E-state index in [1.165, 1.54) is 0 Å². The fraction of sp³-hybridized carbons (Fsp3) is 0.737. The third-order valence-corrected chi connectivity index (χ3v) is 4.63. The summed E-state index contributed by atoms with van der Waals surface area (Å²) >= 11 is 0. The number of carbonyl (C=O) groups is 2. The molecule has 0 radical (unpaired) electrons. The van der Waals surface area contributed by atoms with Crippen LogP contribution in [0.3, 0.4) is 0 Å². The van der Waals surface area contributed by atoms with Crippen molar-refractivity contribution in [1.82, 2.24) is 5.32 Å². The number of nitrogens with two attached hydrogens (primary N) is 1. The lowest BCUT2D eigenvalue weighted by Crippen LogP contribution is -2.40. The first-order valence-electron chi connectivity index (χ1n) is 9.53. The van der Waals surface area contributed by atoms with Gasteiger partial charge in [0.05, 0.1) is 19.3 Å². The van der Waals surface area contributed by atoms with E-state index in [0.29, 0.717) is 25.2 Å². The number of carbonyl (C=O) groups excluding carboxylic acids is 2. The summed E-state index contributed by atoms with van der Waals surface area (Å²) in [7, 11) is 0. The van der Waals surface area contributed by atoms with E-state index in [2.05, 4.69) is 24.2 Å². The van der Waals surface area contributed by atoms with Crippen LogP contribution in [0.1, 0.15) is 59.8 Å². The average molecular weight is 367 g/mol. The predicted octanol–water partition coefficient (Wildman–Crippen LogP) is 3.14. The predicted molar refractivity (Wildman–Crippen MR) is 102 cm³/mol. The Morgan fingerprint density at radius 1 is 1.23 bits per heavy atom. The molecule has 0 aromatic heterocycles. The quantitative estimate of drug-likeness (QED) is 0.297. The first kappa shape index (κ1) is 22.0. The number of alkyl carbamates (subject to hydrolysis) is 1. The lowest BCUT2D eigenvalue weighted by atomic mass is 9.79. The van der Waals surface area contributed by atoms with Gasteiger partial charge >= 0.3 is 12.1 Å². The number of amides is 1. The van der Waals surface area contributed by atoms with Gasteiger partial charge in [-0.1, -0.05) is 46.1 Å². The number of guanidine groups is 1. The van der Waals surface area contributed by atoms with Crippen LogP contribution in [-0.4, -0.2) is 37.3 Å². The number of rotatable bonds is 8. The van der Waals surface area contributed by atoms with Crippen molar-refractivity contribution >= 4 is 18.0 Å². The van der Waals surface area contributed by atoms with Crippen LogP contribution in [0.5, 0.6) is 0 Å². The van der Waals surface area contributed by atoms with Gasteiger partial charge in [-0.2, -0.15) is 0 Å². The van der Waals surface area contributed by atoms with E-state index in [1.807, 2.05) is 13.0 Å². The molecule has 0 aromatic carbocycles. The van der Waals surface area contributed by atoms with Gasteiger partial charge < -0.3 is 15.2 Å². The summed E-state index contributed by atoms with van der Waals surface area (Å²) in [6.45, 7) is 8.68. The molecule has 0 saturated heterocycles. The maximum absolute atomic E-state index is 12.0. The van der Waals surface area contributed by atoms with Crippen LogP contribution in [-0.2, 0) is 14.3 Å². The molecule has 148 valence electrons. The van der Waals surface area contributed by atoms with Crippen LogP contribution in [0, 0.1) is 11.8 Å². The Balaban J connectivity index is 2.57. The molecule has 0 fully saturated rings. The Labute approximate surface area is 156 Å². The summed E-state index contributed by atoms with van der Waals surface area (Å²) in [5, 5.41) is 2.45. The standard InChI is InChI=1S/C19H33N3O4/c1-5-7-8-9-10-26-19(24)22-18(20)21-16-12-15(17(23)25-6-2)11-13(3)14(16)4/h11,13-14,16H,5-10,12H2,1-4H3,(H3,20,21,22,24). The second-order valence-electron chi connectivity index (χ2n) is 6.74. The molecule has 0 saturated carbocycles. The SMILES string of the molecule is CCCCCCOC(=O)NC(N)=NC1CC(C(=O)OCC)=CC(C)C1C. The molecular weight excluding hydrogens is 334 g/mol. The number of esters is 1. The molecule has 3 N–H and O–H groups in total. The van der Waals surface area contributed by atoms with Crippen molar-refractivity contribution in [3.63, 3.8) is 0 Å². The molecular formula is C19H33N3O4. The molecule has 3 unspecified atom stereocenters. The van der Waals surface area contributed by atoms with Gasteiger partial charge in [0.25, 0.3) is 0 Å². The number of hydrogen-bond acceptors (Lipinski definition) is 5. The number of ether oxygens (including phenoxy) is 2. The summed E-state index contributed by atoms with van der Waals surface area (Å²) < 4.78 is 10.2. The fourth-order valence-electron chi connectivity index (χ4n) is 2.88. The normalized spacial score (nSPS) is 23.2. The maximum atomic E-state index is 12.0. The highest BCUT2D eigenvalue weighted by Crippen LogP contribution is 2.31. The highest BCUT2D eigenvalue weighted by Gasteiger charge is 2.30. The van der Waals surface area contributed by atoms with E-state index < -0.39 is 6.09 Å². The zero-order chi connectivity index (χ0) is 19.5. The topological polar surface area (TPSA) is 103 Å². The smallest absolute Gasteiger partial charge is 0.413 e. The van der Waals surface area contributed by atoms with Crippen LogP contribution < -0.4 is 11.1 Å². The van der Waals surface area contributed by atoms with Crippen molar-refractivity contribution in [2.45, 2.75) is 65.8 Å². The van der Waals surface area contributed by atoms with Crippen molar-refractivity contribution in [2.24, 2.45) is 22.6 Å². The second-order valence-corrected chi connectivity index (χ2v) is 6.74. The van der Waals surface area contributed by atoms with E-state index >= 15 is 0 Å². The van der Waals surface area contributed by atoms with Gasteiger partial charge in [0.15, 0.2) is 5.96 Å².